The molecule has 2 N–H and O–H groups in total. The van der Waals surface area contributed by atoms with Gasteiger partial charge in [-0.05, 0) is 19.8 Å². The lowest BCUT2D eigenvalue weighted by Gasteiger charge is -2.23. The van der Waals surface area contributed by atoms with Crippen LogP contribution < -0.4 is 10.6 Å². The molecule has 7 nitrogen and oxygen atoms in total. The zero-order chi connectivity index (χ0) is 15.8. The summed E-state index contributed by atoms with van der Waals surface area (Å²) in [6, 6.07) is -0.0664. The molecule has 0 unspecified atom stereocenters. The Morgan fingerprint density at radius 3 is 2.33 bits per heavy atom. The highest BCUT2D eigenvalue weighted by Crippen LogP contribution is 2.17. The van der Waals surface area contributed by atoms with Gasteiger partial charge in [0.2, 0.25) is 0 Å². The summed E-state index contributed by atoms with van der Waals surface area (Å²) in [6.07, 6.45) is 5.06. The van der Waals surface area contributed by atoms with Gasteiger partial charge < -0.3 is 10.1 Å². The molecule has 0 aliphatic heterocycles. The third-order valence-electron chi connectivity index (χ3n) is 3.56. The number of rotatable bonds is 2. The van der Waals surface area contributed by atoms with Crippen LogP contribution in [0.2, 0.25) is 0 Å². The molecular weight excluding hydrogens is 272 g/mol. The fourth-order valence-corrected chi connectivity index (χ4v) is 2.47. The van der Waals surface area contributed by atoms with Crippen LogP contribution in [0.15, 0.2) is 0 Å². The van der Waals surface area contributed by atoms with E-state index in [1.54, 1.807) is 18.7 Å². The normalized spacial score (nSPS) is 15.0. The highest BCUT2D eigenvalue weighted by Gasteiger charge is 2.29. The summed E-state index contributed by atoms with van der Waals surface area (Å²) >= 11 is 0. The third kappa shape index (κ3) is 5.24. The van der Waals surface area contributed by atoms with E-state index in [1.807, 2.05) is 6.92 Å². The van der Waals surface area contributed by atoms with Gasteiger partial charge in [0, 0.05) is 6.04 Å². The molecule has 0 aromatic rings. The van der Waals surface area contributed by atoms with Crippen molar-refractivity contribution >= 4 is 18.1 Å². The van der Waals surface area contributed by atoms with Crippen molar-refractivity contribution in [3.8, 4) is 0 Å². The van der Waals surface area contributed by atoms with Gasteiger partial charge in [-0.25, -0.2) is 9.59 Å². The average Bonchev–Trinajstić information content (AvgIpc) is 2.47. The van der Waals surface area contributed by atoms with E-state index in [0.717, 1.165) is 25.7 Å². The van der Waals surface area contributed by atoms with Crippen LogP contribution in [-0.4, -0.2) is 61.4 Å². The van der Waals surface area contributed by atoms with E-state index in [-0.39, 0.29) is 12.1 Å². The van der Waals surface area contributed by atoms with E-state index < -0.39 is 6.09 Å². The fraction of sp³-hybridized carbons (Fsp3) is 0.786. The molecule has 1 aliphatic carbocycles. The molecule has 0 atom stereocenters. The number of urea groups is 1. The molecule has 1 saturated carbocycles. The number of methoxy groups -OCH3 is 1. The van der Waals surface area contributed by atoms with Crippen LogP contribution in [0, 0.1) is 0 Å². The van der Waals surface area contributed by atoms with Gasteiger partial charge in [-0.15, -0.1) is 0 Å². The van der Waals surface area contributed by atoms with E-state index in [1.165, 1.54) is 18.4 Å². The van der Waals surface area contributed by atoms with Crippen molar-refractivity contribution in [2.24, 2.45) is 0 Å². The molecule has 0 saturated heterocycles. The number of nitrogens with one attached hydrogen (secondary N) is 2. The Morgan fingerprint density at radius 1 is 1.24 bits per heavy atom. The molecule has 0 spiro atoms. The van der Waals surface area contributed by atoms with E-state index in [0.29, 0.717) is 12.5 Å². The van der Waals surface area contributed by atoms with Gasteiger partial charge in [0.15, 0.2) is 0 Å². The minimum Gasteiger partial charge on any atom is -0.441 e. The van der Waals surface area contributed by atoms with E-state index >= 15 is 0 Å². The monoisotopic (exact) mass is 299 g/mol. The van der Waals surface area contributed by atoms with Gasteiger partial charge in [-0.2, -0.15) is 10.2 Å². The highest BCUT2D eigenvalue weighted by molar-refractivity contribution is 6.00. The van der Waals surface area contributed by atoms with Crippen LogP contribution >= 0.6 is 0 Å². The molecule has 120 valence electrons. The number of carbonyl (C=O) groups is 2. The van der Waals surface area contributed by atoms with Crippen molar-refractivity contribution in [1.82, 2.24) is 15.5 Å². The van der Waals surface area contributed by atoms with Gasteiger partial charge in [0.1, 0.15) is 0 Å². The van der Waals surface area contributed by atoms with Gasteiger partial charge in [0.25, 0.3) is 0 Å². The Balaban J connectivity index is 2.67. The second kappa shape index (κ2) is 8.49. The molecule has 0 aromatic heterocycles. The summed E-state index contributed by atoms with van der Waals surface area (Å²) in [7, 11) is 4.85. The number of hydrogen-bond acceptors (Lipinski definition) is 3. The highest BCUT2D eigenvalue weighted by atomic mass is 16.5. The molecule has 0 aromatic carbocycles. The first-order valence-corrected chi connectivity index (χ1v) is 7.46. The molecule has 21 heavy (non-hydrogen) atoms. The average molecular weight is 299 g/mol. The fourth-order valence-electron chi connectivity index (χ4n) is 2.47. The summed E-state index contributed by atoms with van der Waals surface area (Å²) in [5, 5.41) is 5.71. The Labute approximate surface area is 126 Å². The topological polar surface area (TPSA) is 73.7 Å². The number of hydrogen-bond donors (Lipinski definition) is 2. The van der Waals surface area contributed by atoms with Crippen molar-refractivity contribution in [2.75, 3.05) is 27.7 Å². The van der Waals surface area contributed by atoms with Gasteiger partial charge in [-0.3, -0.25) is 4.58 Å². The maximum Gasteiger partial charge on any atom is 0.478 e. The van der Waals surface area contributed by atoms with E-state index in [4.69, 9.17) is 4.74 Å². The van der Waals surface area contributed by atoms with E-state index in [2.05, 4.69) is 10.6 Å². The van der Waals surface area contributed by atoms with Gasteiger partial charge in [-0.1, -0.05) is 19.3 Å². The lowest BCUT2D eigenvalue weighted by atomic mass is 9.96. The lowest BCUT2D eigenvalue weighted by Crippen LogP contribution is -2.54. The minimum absolute atomic E-state index is 0.218. The largest absolute Gasteiger partial charge is 0.478 e. The molecule has 3 amide bonds. The smallest absolute Gasteiger partial charge is 0.441 e. The van der Waals surface area contributed by atoms with Crippen molar-refractivity contribution in [1.29, 1.82) is 0 Å². The Hall–Kier alpha value is -1.79. The predicted molar refractivity (Wildman–Crippen MR) is 80.4 cm³/mol. The summed E-state index contributed by atoms with van der Waals surface area (Å²) < 4.78 is 6.42. The maximum absolute atomic E-state index is 12.1. The predicted octanol–water partition coefficient (Wildman–Crippen LogP) is 1.33. The summed E-state index contributed by atoms with van der Waals surface area (Å²) in [6.45, 7) is 2.23. The standard InChI is InChI=1S/C14H26N4O3/c1-5-18(14(20)21-4)13(17(2)3)16-12(19)15-11-9-7-6-8-10-11/h11H,5-10H2,1-4H3,(H,15,19)/p+1. The van der Waals surface area contributed by atoms with Crippen LogP contribution in [0.3, 0.4) is 0 Å². The third-order valence-corrected chi connectivity index (χ3v) is 3.56. The van der Waals surface area contributed by atoms with Crippen molar-refractivity contribution in [2.45, 2.75) is 45.1 Å². The Bertz CT molecular complexity index is 399. The second-order valence-corrected chi connectivity index (χ2v) is 5.37. The number of amides is 3. The van der Waals surface area contributed by atoms with Gasteiger partial charge >= 0.3 is 18.1 Å². The number of guanidine groups is 1. The van der Waals surface area contributed by atoms with Crippen LogP contribution in [0.5, 0.6) is 0 Å². The summed E-state index contributed by atoms with van der Waals surface area (Å²) in [4.78, 5) is 25.2. The first-order chi connectivity index (χ1) is 9.99. The molecule has 0 bridgehead atoms. The minimum atomic E-state index is -0.501. The Kier molecular flexibility index (Phi) is 6.98. The van der Waals surface area contributed by atoms with Crippen LogP contribution in [0.25, 0.3) is 0 Å². The molecule has 0 heterocycles. The molecule has 1 aliphatic rings. The summed E-state index contributed by atoms with van der Waals surface area (Å²) in [5.41, 5.74) is 0. The SMILES string of the molecule is CCN(C(=O)OC)C(NC(=O)NC1CCCCC1)=[N+](C)C. The van der Waals surface area contributed by atoms with Crippen molar-refractivity contribution in [3.05, 3.63) is 0 Å². The van der Waals surface area contributed by atoms with Crippen molar-refractivity contribution < 1.29 is 18.9 Å². The van der Waals surface area contributed by atoms with Crippen LogP contribution in [0.4, 0.5) is 9.59 Å². The molecule has 1 rings (SSSR count). The molecular formula is C14H27N4O3+. The maximum atomic E-state index is 12.1. The number of ether oxygens (including phenoxy) is 1. The zero-order valence-electron chi connectivity index (χ0n) is 13.4. The molecule has 1 fully saturated rings. The van der Waals surface area contributed by atoms with E-state index in [9.17, 15) is 9.59 Å². The lowest BCUT2D eigenvalue weighted by molar-refractivity contribution is -0.471. The van der Waals surface area contributed by atoms with Crippen LogP contribution in [0.1, 0.15) is 39.0 Å². The zero-order valence-corrected chi connectivity index (χ0v) is 13.4. The van der Waals surface area contributed by atoms with Gasteiger partial charge in [0.05, 0.1) is 27.7 Å². The second-order valence-electron chi connectivity index (χ2n) is 5.37. The van der Waals surface area contributed by atoms with Crippen LogP contribution in [-0.2, 0) is 4.74 Å². The van der Waals surface area contributed by atoms with Crippen molar-refractivity contribution in [3.63, 3.8) is 0 Å². The summed E-state index contributed by atoms with van der Waals surface area (Å²) in [5.74, 6) is 0.401. The number of nitrogens with zero attached hydrogens (tertiary/aromatic N) is 2. The number of carbonyl (C=O) groups excluding carboxylic acids is 2. The Morgan fingerprint density at radius 2 is 1.86 bits per heavy atom. The quantitative estimate of drug-likeness (QED) is 0.459. The molecule has 7 heteroatoms. The molecule has 0 radical (unpaired) electrons. The first kappa shape index (κ1) is 17.3. The first-order valence-electron chi connectivity index (χ1n) is 7.46.